The minimum atomic E-state index is -0.0542. The fourth-order valence-corrected chi connectivity index (χ4v) is 4.48. The molecule has 1 saturated heterocycles. The van der Waals surface area contributed by atoms with Crippen LogP contribution in [0, 0.1) is 11.8 Å². The number of aromatic nitrogens is 1. The highest BCUT2D eigenvalue weighted by molar-refractivity contribution is 7.13. The van der Waals surface area contributed by atoms with Crippen LogP contribution >= 0.6 is 22.9 Å². The van der Waals surface area contributed by atoms with Gasteiger partial charge in [0.1, 0.15) is 0 Å². The monoisotopic (exact) mass is 389 g/mol. The first kappa shape index (κ1) is 17.5. The van der Waals surface area contributed by atoms with Crippen molar-refractivity contribution in [2.75, 3.05) is 18.4 Å². The average Bonchev–Trinajstić information content (AvgIpc) is 3.29. The molecule has 1 N–H and O–H groups in total. The summed E-state index contributed by atoms with van der Waals surface area (Å²) in [4.78, 5) is 31.1. The molecule has 0 radical (unpaired) electrons. The second kappa shape index (κ2) is 7.37. The van der Waals surface area contributed by atoms with Crippen molar-refractivity contribution in [2.24, 2.45) is 11.8 Å². The molecule has 2 heterocycles. The third-order valence-corrected chi connectivity index (χ3v) is 6.28. The Kier molecular flexibility index (Phi) is 4.96. The second-order valence-electron chi connectivity index (χ2n) is 6.90. The van der Waals surface area contributed by atoms with Gasteiger partial charge in [-0.2, -0.15) is 0 Å². The van der Waals surface area contributed by atoms with Gasteiger partial charge in [-0.1, -0.05) is 29.8 Å². The van der Waals surface area contributed by atoms with Crippen LogP contribution in [0.5, 0.6) is 0 Å². The number of thiazole rings is 1. The van der Waals surface area contributed by atoms with E-state index in [1.807, 2.05) is 34.5 Å². The fourth-order valence-electron chi connectivity index (χ4n) is 3.68. The number of halogens is 1. The van der Waals surface area contributed by atoms with E-state index in [1.54, 1.807) is 6.20 Å². The number of piperidine rings is 1. The van der Waals surface area contributed by atoms with Crippen LogP contribution in [0.15, 0.2) is 35.8 Å². The lowest BCUT2D eigenvalue weighted by molar-refractivity contribution is -0.135. The van der Waals surface area contributed by atoms with Crippen LogP contribution in [0.3, 0.4) is 0 Å². The van der Waals surface area contributed by atoms with E-state index in [0.29, 0.717) is 31.1 Å². The molecule has 1 aromatic heterocycles. The number of nitrogens with one attached hydrogen (secondary N) is 1. The SMILES string of the molecule is O=C(Nc1nccs1)C1CCN(C(=O)[C@H]2C[C@@H]2c2ccccc2Cl)CC1. The number of hydrogen-bond donors (Lipinski definition) is 1. The summed E-state index contributed by atoms with van der Waals surface area (Å²) >= 11 is 7.67. The van der Waals surface area contributed by atoms with Crippen molar-refractivity contribution in [3.05, 3.63) is 46.4 Å². The zero-order valence-corrected chi connectivity index (χ0v) is 15.8. The van der Waals surface area contributed by atoms with Crippen LogP contribution in [0.1, 0.15) is 30.7 Å². The van der Waals surface area contributed by atoms with Gasteiger partial charge < -0.3 is 10.2 Å². The van der Waals surface area contributed by atoms with E-state index in [2.05, 4.69) is 10.3 Å². The number of benzene rings is 1. The van der Waals surface area contributed by atoms with Gasteiger partial charge in [0.2, 0.25) is 11.8 Å². The predicted molar refractivity (Wildman–Crippen MR) is 102 cm³/mol. The molecule has 5 nitrogen and oxygen atoms in total. The summed E-state index contributed by atoms with van der Waals surface area (Å²) in [6.45, 7) is 1.28. The van der Waals surface area contributed by atoms with Gasteiger partial charge in [0.05, 0.1) is 0 Å². The van der Waals surface area contributed by atoms with Gasteiger partial charge in [-0.3, -0.25) is 9.59 Å². The molecule has 2 aliphatic rings. The van der Waals surface area contributed by atoms with Gasteiger partial charge in [-0.25, -0.2) is 4.98 Å². The maximum Gasteiger partial charge on any atom is 0.229 e. The summed E-state index contributed by atoms with van der Waals surface area (Å²) in [6, 6.07) is 7.76. The smallest absolute Gasteiger partial charge is 0.229 e. The van der Waals surface area contributed by atoms with Gasteiger partial charge in [0.15, 0.2) is 5.13 Å². The maximum atomic E-state index is 12.8. The number of hydrogen-bond acceptors (Lipinski definition) is 4. The molecule has 2 atom stereocenters. The van der Waals surface area contributed by atoms with Crippen molar-refractivity contribution in [1.29, 1.82) is 0 Å². The Labute approximate surface area is 161 Å². The first-order valence-electron chi connectivity index (χ1n) is 8.87. The third-order valence-electron chi connectivity index (χ3n) is 5.25. The summed E-state index contributed by atoms with van der Waals surface area (Å²) in [7, 11) is 0. The molecule has 1 aromatic carbocycles. The molecule has 2 aromatic rings. The molecular formula is C19H20ClN3O2S. The van der Waals surface area contributed by atoms with E-state index in [-0.39, 0.29) is 29.6 Å². The highest BCUT2D eigenvalue weighted by Gasteiger charge is 2.47. The Morgan fingerprint density at radius 3 is 2.69 bits per heavy atom. The van der Waals surface area contributed by atoms with Gasteiger partial charge in [0.25, 0.3) is 0 Å². The van der Waals surface area contributed by atoms with Gasteiger partial charge in [-0.15, -0.1) is 11.3 Å². The molecule has 1 aliphatic carbocycles. The molecular weight excluding hydrogens is 370 g/mol. The second-order valence-corrected chi connectivity index (χ2v) is 8.20. The first-order valence-corrected chi connectivity index (χ1v) is 10.1. The molecule has 0 unspecified atom stereocenters. The predicted octanol–water partition coefficient (Wildman–Crippen LogP) is 3.78. The Balaban J connectivity index is 1.29. The van der Waals surface area contributed by atoms with Gasteiger partial charge >= 0.3 is 0 Å². The van der Waals surface area contributed by atoms with E-state index in [9.17, 15) is 9.59 Å². The number of nitrogens with zero attached hydrogens (tertiary/aromatic N) is 2. The molecule has 2 fully saturated rings. The zero-order chi connectivity index (χ0) is 18.1. The maximum absolute atomic E-state index is 12.8. The van der Waals surface area contributed by atoms with Gasteiger partial charge in [0, 0.05) is 41.5 Å². The van der Waals surface area contributed by atoms with Crippen molar-refractivity contribution >= 4 is 39.9 Å². The Hall–Kier alpha value is -1.92. The molecule has 7 heteroatoms. The third kappa shape index (κ3) is 3.62. The quantitative estimate of drug-likeness (QED) is 0.865. The van der Waals surface area contributed by atoms with Crippen molar-refractivity contribution in [1.82, 2.24) is 9.88 Å². The van der Waals surface area contributed by atoms with Crippen LogP contribution in [0.4, 0.5) is 5.13 Å². The normalized spacial score (nSPS) is 22.9. The average molecular weight is 390 g/mol. The molecule has 136 valence electrons. The molecule has 0 bridgehead atoms. The molecule has 4 rings (SSSR count). The van der Waals surface area contributed by atoms with Crippen LogP contribution in [0.2, 0.25) is 5.02 Å². The Morgan fingerprint density at radius 1 is 1.23 bits per heavy atom. The van der Waals surface area contributed by atoms with Crippen LogP contribution < -0.4 is 5.32 Å². The molecule has 2 amide bonds. The van der Waals surface area contributed by atoms with Crippen molar-refractivity contribution in [3.63, 3.8) is 0 Å². The lowest BCUT2D eigenvalue weighted by Gasteiger charge is -2.31. The number of anilines is 1. The lowest BCUT2D eigenvalue weighted by atomic mass is 9.95. The van der Waals surface area contributed by atoms with E-state index in [4.69, 9.17) is 11.6 Å². The fraction of sp³-hybridized carbons (Fsp3) is 0.421. The van der Waals surface area contributed by atoms with Crippen molar-refractivity contribution in [3.8, 4) is 0 Å². The Bertz CT molecular complexity index is 803. The van der Waals surface area contributed by atoms with Crippen molar-refractivity contribution in [2.45, 2.75) is 25.2 Å². The summed E-state index contributed by atoms with van der Waals surface area (Å²) in [5, 5.41) is 6.07. The summed E-state index contributed by atoms with van der Waals surface area (Å²) in [5.74, 6) is 0.431. The number of rotatable bonds is 4. The van der Waals surface area contributed by atoms with E-state index < -0.39 is 0 Å². The number of carbonyl (C=O) groups excluding carboxylic acids is 2. The molecule has 1 saturated carbocycles. The summed E-state index contributed by atoms with van der Waals surface area (Å²) in [6.07, 6.45) is 3.94. The van der Waals surface area contributed by atoms with Crippen molar-refractivity contribution < 1.29 is 9.59 Å². The lowest BCUT2D eigenvalue weighted by Crippen LogP contribution is -2.42. The number of likely N-dealkylation sites (tertiary alicyclic amines) is 1. The largest absolute Gasteiger partial charge is 0.342 e. The zero-order valence-electron chi connectivity index (χ0n) is 14.2. The molecule has 26 heavy (non-hydrogen) atoms. The Morgan fingerprint density at radius 2 is 2.00 bits per heavy atom. The standard InChI is InChI=1S/C19H20ClN3O2S/c20-16-4-2-1-3-13(16)14-11-15(14)18(25)23-8-5-12(6-9-23)17(24)22-19-21-7-10-26-19/h1-4,7,10,12,14-15H,5-6,8-9,11H2,(H,21,22,24)/t14-,15+/m1/s1. The number of amides is 2. The highest BCUT2D eigenvalue weighted by atomic mass is 35.5. The highest BCUT2D eigenvalue weighted by Crippen LogP contribution is 2.50. The molecule has 0 spiro atoms. The summed E-state index contributed by atoms with van der Waals surface area (Å²) in [5.41, 5.74) is 1.07. The first-order chi connectivity index (χ1) is 12.6. The minimum absolute atomic E-state index is 0.00687. The minimum Gasteiger partial charge on any atom is -0.342 e. The van der Waals surface area contributed by atoms with Crippen LogP contribution in [-0.2, 0) is 9.59 Å². The van der Waals surface area contributed by atoms with Crippen LogP contribution in [0.25, 0.3) is 0 Å². The van der Waals surface area contributed by atoms with E-state index in [1.165, 1.54) is 11.3 Å². The van der Waals surface area contributed by atoms with E-state index >= 15 is 0 Å². The number of carbonyl (C=O) groups is 2. The van der Waals surface area contributed by atoms with E-state index in [0.717, 1.165) is 17.0 Å². The topological polar surface area (TPSA) is 62.3 Å². The molecule has 1 aliphatic heterocycles. The summed E-state index contributed by atoms with van der Waals surface area (Å²) < 4.78 is 0. The van der Waals surface area contributed by atoms with Crippen LogP contribution in [-0.4, -0.2) is 34.8 Å². The van der Waals surface area contributed by atoms with Gasteiger partial charge in [-0.05, 0) is 36.8 Å².